The second kappa shape index (κ2) is 2.48. The molecule has 0 saturated heterocycles. The molecular weight excluding hydrogens is 140 g/mol. The lowest BCUT2D eigenvalue weighted by atomic mass is 10.3. The van der Waals surface area contributed by atoms with E-state index in [9.17, 15) is 0 Å². The maximum atomic E-state index is 3.85. The summed E-state index contributed by atoms with van der Waals surface area (Å²) in [6.07, 6.45) is 2.55. The molecular formula is C7H6N4+. The first-order valence-electron chi connectivity index (χ1n) is 3.19. The fraction of sp³-hybridized carbons (Fsp3) is 0. The summed E-state index contributed by atoms with van der Waals surface area (Å²) in [7, 11) is 0. The minimum Gasteiger partial charge on any atom is -0.119 e. The van der Waals surface area contributed by atoms with E-state index < -0.39 is 0 Å². The van der Waals surface area contributed by atoms with E-state index in [1.807, 2.05) is 24.3 Å². The summed E-state index contributed by atoms with van der Waals surface area (Å²) in [6, 6.07) is 10.4. The number of nitrogens with zero attached hydrogens (tertiary/aromatic N) is 2. The van der Waals surface area contributed by atoms with Crippen LogP contribution in [-0.4, -0.2) is 0 Å². The van der Waals surface area contributed by atoms with Gasteiger partial charge in [-0.05, 0) is 33.8 Å². The molecule has 4 heteroatoms. The molecule has 53 valence electrons. The van der Waals surface area contributed by atoms with Crippen molar-refractivity contribution in [2.75, 3.05) is 5.12 Å². The van der Waals surface area contributed by atoms with Gasteiger partial charge in [-0.2, -0.15) is 0 Å². The molecule has 1 aliphatic heterocycles. The van der Waals surface area contributed by atoms with Gasteiger partial charge in [0, 0.05) is 0 Å². The number of hydrogen-bond donors (Lipinski definition) is 2. The van der Waals surface area contributed by atoms with Crippen LogP contribution in [0.15, 0.2) is 24.3 Å². The lowest BCUT2D eigenvalue weighted by Crippen LogP contribution is -2.35. The molecule has 0 bridgehead atoms. The summed E-state index contributed by atoms with van der Waals surface area (Å²) >= 11 is 0. The van der Waals surface area contributed by atoms with E-state index in [-0.39, 0.29) is 0 Å². The Morgan fingerprint density at radius 3 is 3.18 bits per heavy atom. The summed E-state index contributed by atoms with van der Waals surface area (Å²) in [4.78, 5) is 3.85. The zero-order valence-corrected chi connectivity index (χ0v) is 5.70. The highest BCUT2D eigenvalue weighted by atomic mass is 15.8. The highest BCUT2D eigenvalue weighted by Gasteiger charge is 2.14. The Hall–Kier alpha value is -1.73. The Morgan fingerprint density at radius 2 is 2.55 bits per heavy atom. The van der Waals surface area contributed by atoms with E-state index in [0.29, 0.717) is 0 Å². The van der Waals surface area contributed by atoms with Gasteiger partial charge in [-0.1, -0.05) is 12.1 Å². The van der Waals surface area contributed by atoms with E-state index in [1.165, 1.54) is 0 Å². The first-order valence-corrected chi connectivity index (χ1v) is 3.19. The molecule has 0 amide bonds. The summed E-state index contributed by atoms with van der Waals surface area (Å²) in [5.41, 5.74) is 6.30. The SMILES string of the molecule is C1#[N+]N(c2c[c]ccc2)NN1. The Kier molecular flexibility index (Phi) is 1.36. The van der Waals surface area contributed by atoms with Crippen LogP contribution >= 0.6 is 0 Å². The minimum atomic E-state index is 0.921. The Balaban J connectivity index is 2.25. The Labute approximate surface area is 64.2 Å². The Morgan fingerprint density at radius 1 is 1.55 bits per heavy atom. The molecule has 0 unspecified atom stereocenters. The third-order valence-electron chi connectivity index (χ3n) is 1.30. The molecule has 2 N–H and O–H groups in total. The van der Waals surface area contributed by atoms with Crippen LogP contribution in [0.25, 0.3) is 4.95 Å². The van der Waals surface area contributed by atoms with Crippen molar-refractivity contribution in [2.45, 2.75) is 0 Å². The molecule has 0 aromatic heterocycles. The molecule has 1 aliphatic rings. The molecule has 0 saturated carbocycles. The summed E-state index contributed by atoms with van der Waals surface area (Å²) in [5.74, 6) is 0. The molecule has 0 atom stereocenters. The zero-order chi connectivity index (χ0) is 7.52. The Bertz CT molecular complexity index is 297. The average molecular weight is 146 g/mol. The highest BCUT2D eigenvalue weighted by Crippen LogP contribution is 2.10. The van der Waals surface area contributed by atoms with Crippen molar-refractivity contribution in [1.82, 2.24) is 11.0 Å². The molecule has 0 fully saturated rings. The van der Waals surface area contributed by atoms with Crippen LogP contribution in [-0.2, 0) is 0 Å². The largest absolute Gasteiger partial charge is 0.429 e. The lowest BCUT2D eigenvalue weighted by Gasteiger charge is -2.01. The number of hydrogen-bond acceptors (Lipinski definition) is 3. The second-order valence-electron chi connectivity index (χ2n) is 2.02. The molecule has 1 radical (unpaired) electrons. The monoisotopic (exact) mass is 146 g/mol. The van der Waals surface area contributed by atoms with Crippen molar-refractivity contribution in [2.24, 2.45) is 0 Å². The molecule has 2 rings (SSSR count). The van der Waals surface area contributed by atoms with Crippen LogP contribution in [0.5, 0.6) is 0 Å². The zero-order valence-electron chi connectivity index (χ0n) is 5.70. The van der Waals surface area contributed by atoms with Gasteiger partial charge in [0.25, 0.3) is 0 Å². The molecule has 0 spiro atoms. The van der Waals surface area contributed by atoms with Gasteiger partial charge >= 0.3 is 6.19 Å². The number of anilines is 1. The number of hydrazine groups is 2. The summed E-state index contributed by atoms with van der Waals surface area (Å²) < 4.78 is 0. The van der Waals surface area contributed by atoms with Crippen molar-refractivity contribution < 1.29 is 0 Å². The van der Waals surface area contributed by atoms with Gasteiger partial charge in [0.2, 0.25) is 0 Å². The smallest absolute Gasteiger partial charge is 0.119 e. The van der Waals surface area contributed by atoms with Crippen LogP contribution in [0.2, 0.25) is 0 Å². The molecule has 4 nitrogen and oxygen atoms in total. The van der Waals surface area contributed by atoms with E-state index >= 15 is 0 Å². The van der Waals surface area contributed by atoms with Gasteiger partial charge in [0.15, 0.2) is 0 Å². The van der Waals surface area contributed by atoms with E-state index in [1.54, 1.807) is 5.12 Å². The van der Waals surface area contributed by atoms with Crippen LogP contribution < -0.4 is 16.1 Å². The van der Waals surface area contributed by atoms with Crippen LogP contribution in [0.1, 0.15) is 0 Å². The number of nitrogens with one attached hydrogen (secondary N) is 2. The third-order valence-corrected chi connectivity index (χ3v) is 1.30. The second-order valence-corrected chi connectivity index (χ2v) is 2.02. The van der Waals surface area contributed by atoms with E-state index in [2.05, 4.69) is 28.2 Å². The number of benzene rings is 1. The van der Waals surface area contributed by atoms with Crippen LogP contribution in [0, 0.1) is 12.3 Å². The van der Waals surface area contributed by atoms with E-state index in [0.717, 1.165) is 5.69 Å². The molecule has 1 aromatic rings. The van der Waals surface area contributed by atoms with Crippen LogP contribution in [0.4, 0.5) is 5.69 Å². The average Bonchev–Trinajstić information content (AvgIpc) is 2.58. The fourth-order valence-corrected chi connectivity index (χ4v) is 0.816. The standard InChI is InChI=1S/C7H5N4/c1-2-4-7(5-3-1)11-9-6-8-10-11/h1-2,4-5,10H/p+1. The lowest BCUT2D eigenvalue weighted by molar-refractivity contribution is 0.682. The predicted octanol–water partition coefficient (Wildman–Crippen LogP) is 0.521. The first kappa shape index (κ1) is 6.01. The van der Waals surface area contributed by atoms with Crippen molar-refractivity contribution in [3.05, 3.63) is 35.3 Å². The van der Waals surface area contributed by atoms with Gasteiger partial charge in [0.05, 0.1) is 0 Å². The van der Waals surface area contributed by atoms with Crippen molar-refractivity contribution in [3.63, 3.8) is 0 Å². The predicted molar refractivity (Wildman–Crippen MR) is 41.3 cm³/mol. The maximum Gasteiger partial charge on any atom is 0.429 e. The van der Waals surface area contributed by atoms with Gasteiger partial charge in [-0.25, -0.2) is 0 Å². The number of rotatable bonds is 1. The van der Waals surface area contributed by atoms with Gasteiger partial charge in [-0.15, -0.1) is 5.43 Å². The molecule has 1 aromatic carbocycles. The molecule has 0 aliphatic carbocycles. The van der Waals surface area contributed by atoms with Crippen molar-refractivity contribution in [3.8, 4) is 6.19 Å². The van der Waals surface area contributed by atoms with Gasteiger partial charge in [-0.3, -0.25) is 0 Å². The minimum absolute atomic E-state index is 0.921. The molecule has 11 heavy (non-hydrogen) atoms. The van der Waals surface area contributed by atoms with Gasteiger partial charge in [0.1, 0.15) is 5.69 Å². The van der Waals surface area contributed by atoms with Gasteiger partial charge < -0.3 is 0 Å². The maximum absolute atomic E-state index is 3.85. The topological polar surface area (TPSA) is 31.7 Å². The highest BCUT2D eigenvalue weighted by molar-refractivity contribution is 5.46. The van der Waals surface area contributed by atoms with Crippen LogP contribution in [0.3, 0.4) is 0 Å². The fourth-order valence-electron chi connectivity index (χ4n) is 0.816. The van der Waals surface area contributed by atoms with Crippen molar-refractivity contribution in [1.29, 1.82) is 0 Å². The molecule has 1 heterocycles. The van der Waals surface area contributed by atoms with E-state index in [4.69, 9.17) is 0 Å². The summed E-state index contributed by atoms with van der Waals surface area (Å²) in [5, 5.41) is 1.57. The third kappa shape index (κ3) is 1.09. The quantitative estimate of drug-likeness (QED) is 0.566. The summed E-state index contributed by atoms with van der Waals surface area (Å²) in [6.45, 7) is 0. The van der Waals surface area contributed by atoms with Crippen molar-refractivity contribution >= 4 is 5.69 Å². The first-order chi connectivity index (χ1) is 5.47. The normalized spacial score (nSPS) is 13.6.